The van der Waals surface area contributed by atoms with E-state index in [0.717, 1.165) is 19.0 Å². The number of nitrogens with two attached hydrogens (primary N) is 1. The van der Waals surface area contributed by atoms with Gasteiger partial charge in [-0.2, -0.15) is 0 Å². The van der Waals surface area contributed by atoms with Crippen molar-refractivity contribution in [3.8, 4) is 0 Å². The first-order chi connectivity index (χ1) is 13.6. The highest BCUT2D eigenvalue weighted by molar-refractivity contribution is 7.02. The van der Waals surface area contributed by atoms with Crippen LogP contribution in [0.5, 0.6) is 0 Å². The molecular formula is C24H29FN2Si. The quantitative estimate of drug-likeness (QED) is 0.451. The van der Waals surface area contributed by atoms with Gasteiger partial charge in [0, 0.05) is 19.3 Å². The van der Waals surface area contributed by atoms with E-state index in [1.165, 1.54) is 22.5 Å². The molecule has 4 heteroatoms. The monoisotopic (exact) mass is 392 g/mol. The molecule has 0 heterocycles. The molecule has 3 aromatic carbocycles. The van der Waals surface area contributed by atoms with Crippen LogP contribution < -0.4 is 21.0 Å². The Hall–Kier alpha value is -2.59. The molecular weight excluding hydrogens is 363 g/mol. The van der Waals surface area contributed by atoms with E-state index in [1.54, 1.807) is 12.1 Å². The molecule has 0 spiro atoms. The second-order valence-corrected chi connectivity index (χ2v) is 11.8. The van der Waals surface area contributed by atoms with E-state index in [2.05, 4.69) is 67.6 Å². The van der Waals surface area contributed by atoms with Gasteiger partial charge >= 0.3 is 0 Å². The molecule has 0 aromatic heterocycles. The van der Waals surface area contributed by atoms with Gasteiger partial charge in [0.25, 0.3) is 0 Å². The minimum atomic E-state index is -1.96. The van der Waals surface area contributed by atoms with E-state index in [-0.39, 0.29) is 5.82 Å². The van der Waals surface area contributed by atoms with Gasteiger partial charge in [0.05, 0.1) is 5.69 Å². The minimum Gasteiger partial charge on any atom is -0.399 e. The zero-order valence-corrected chi connectivity index (χ0v) is 17.7. The molecule has 2 nitrogen and oxygen atoms in total. The zero-order valence-electron chi connectivity index (χ0n) is 16.7. The molecule has 3 rings (SSSR count). The van der Waals surface area contributed by atoms with E-state index in [9.17, 15) is 4.39 Å². The summed E-state index contributed by atoms with van der Waals surface area (Å²) in [6.07, 6.45) is 1.13. The van der Waals surface area contributed by atoms with Gasteiger partial charge in [-0.1, -0.05) is 84.4 Å². The van der Waals surface area contributed by atoms with Gasteiger partial charge in [0.1, 0.15) is 13.9 Å². The predicted octanol–water partition coefficient (Wildman–Crippen LogP) is 4.52. The maximum atomic E-state index is 14.4. The van der Waals surface area contributed by atoms with Crippen molar-refractivity contribution in [2.75, 3.05) is 24.2 Å². The summed E-state index contributed by atoms with van der Waals surface area (Å²) in [5.74, 6) is -0.260. The van der Waals surface area contributed by atoms with Gasteiger partial charge < -0.3 is 10.6 Å². The molecule has 0 bridgehead atoms. The average molecular weight is 393 g/mol. The first kappa shape index (κ1) is 20.1. The Kier molecular flexibility index (Phi) is 6.52. The van der Waals surface area contributed by atoms with Crippen LogP contribution in [0.3, 0.4) is 0 Å². The Morgan fingerprint density at radius 3 is 1.93 bits per heavy atom. The van der Waals surface area contributed by atoms with Crippen LogP contribution in [-0.2, 0) is 0 Å². The van der Waals surface area contributed by atoms with Crippen molar-refractivity contribution in [3.05, 3.63) is 84.7 Å². The second kappa shape index (κ2) is 9.07. The van der Waals surface area contributed by atoms with Crippen LogP contribution in [0.1, 0.15) is 13.3 Å². The first-order valence-corrected chi connectivity index (χ1v) is 12.4. The third-order valence-corrected chi connectivity index (χ3v) is 10.9. The summed E-state index contributed by atoms with van der Waals surface area (Å²) in [6, 6.07) is 29.0. The summed E-state index contributed by atoms with van der Waals surface area (Å²) < 4.78 is 14.4. The third kappa shape index (κ3) is 4.28. The highest BCUT2D eigenvalue weighted by Gasteiger charge is 2.36. The molecule has 2 N–H and O–H groups in total. The van der Waals surface area contributed by atoms with Gasteiger partial charge in [0.2, 0.25) is 0 Å². The van der Waals surface area contributed by atoms with Crippen LogP contribution in [0.4, 0.5) is 15.8 Å². The molecule has 0 aliphatic heterocycles. The molecule has 146 valence electrons. The van der Waals surface area contributed by atoms with Crippen molar-refractivity contribution in [1.82, 2.24) is 0 Å². The van der Waals surface area contributed by atoms with Crippen molar-refractivity contribution in [2.24, 2.45) is 0 Å². The van der Waals surface area contributed by atoms with Gasteiger partial charge in [0.15, 0.2) is 0 Å². The van der Waals surface area contributed by atoms with Crippen molar-refractivity contribution in [2.45, 2.75) is 25.4 Å². The van der Waals surface area contributed by atoms with Gasteiger partial charge in [-0.3, -0.25) is 0 Å². The third-order valence-electron chi connectivity index (χ3n) is 5.59. The van der Waals surface area contributed by atoms with Crippen LogP contribution >= 0.6 is 0 Å². The highest BCUT2D eigenvalue weighted by Crippen LogP contribution is 2.24. The van der Waals surface area contributed by atoms with Crippen molar-refractivity contribution < 1.29 is 4.39 Å². The van der Waals surface area contributed by atoms with E-state index in [4.69, 9.17) is 5.73 Å². The van der Waals surface area contributed by atoms with Crippen LogP contribution in [0, 0.1) is 5.82 Å². The minimum absolute atomic E-state index is 0.260. The topological polar surface area (TPSA) is 29.3 Å². The molecule has 28 heavy (non-hydrogen) atoms. The number of hydrogen-bond donors (Lipinski definition) is 1. The molecule has 0 radical (unpaired) electrons. The maximum absolute atomic E-state index is 14.4. The first-order valence-electron chi connectivity index (χ1n) is 9.94. The van der Waals surface area contributed by atoms with Crippen molar-refractivity contribution in [3.63, 3.8) is 0 Å². The Bertz CT molecular complexity index is 844. The molecule has 0 amide bonds. The summed E-state index contributed by atoms with van der Waals surface area (Å²) in [5.41, 5.74) is 6.77. The summed E-state index contributed by atoms with van der Waals surface area (Å²) in [7, 11) is 0.00746. The number of halogens is 1. The van der Waals surface area contributed by atoms with Crippen LogP contribution in [0.25, 0.3) is 0 Å². The molecule has 3 aromatic rings. The lowest BCUT2D eigenvalue weighted by molar-refractivity contribution is 0.624. The van der Waals surface area contributed by atoms with Crippen LogP contribution in [-0.4, -0.2) is 21.7 Å². The summed E-state index contributed by atoms with van der Waals surface area (Å²) >= 11 is 0. The summed E-state index contributed by atoms with van der Waals surface area (Å²) in [6.45, 7) is 3.06. The van der Waals surface area contributed by atoms with Crippen LogP contribution in [0.15, 0.2) is 78.9 Å². The van der Waals surface area contributed by atoms with Crippen molar-refractivity contribution in [1.29, 1.82) is 0 Å². The maximum Gasteiger partial charge on any atom is 0.148 e. The SMILES string of the molecule is CCC[Si](CCN(C)c1ccc(N)cc1F)(c1ccccc1)c1ccccc1. The second-order valence-electron chi connectivity index (χ2n) is 7.45. The molecule has 0 saturated heterocycles. The molecule has 0 atom stereocenters. The lowest BCUT2D eigenvalue weighted by atomic mass is 10.2. The van der Waals surface area contributed by atoms with E-state index in [1.807, 2.05) is 11.9 Å². The number of nitrogens with zero attached hydrogens (tertiary/aromatic N) is 1. The number of rotatable bonds is 8. The molecule has 0 fully saturated rings. The number of hydrogen-bond acceptors (Lipinski definition) is 2. The number of benzene rings is 3. The lowest BCUT2D eigenvalue weighted by Crippen LogP contribution is -2.59. The molecule has 0 unspecified atom stereocenters. The predicted molar refractivity (Wildman–Crippen MR) is 122 cm³/mol. The highest BCUT2D eigenvalue weighted by atomic mass is 28.3. The summed E-state index contributed by atoms with van der Waals surface area (Å²) in [5, 5.41) is 2.91. The summed E-state index contributed by atoms with van der Waals surface area (Å²) in [4.78, 5) is 2.03. The normalized spacial score (nSPS) is 11.4. The smallest absolute Gasteiger partial charge is 0.148 e. The van der Waals surface area contributed by atoms with Crippen molar-refractivity contribution >= 4 is 29.8 Å². The fourth-order valence-electron chi connectivity index (χ4n) is 4.12. The van der Waals surface area contributed by atoms with E-state index in [0.29, 0.717) is 11.4 Å². The largest absolute Gasteiger partial charge is 0.399 e. The average Bonchev–Trinajstić information content (AvgIpc) is 2.72. The van der Waals surface area contributed by atoms with E-state index >= 15 is 0 Å². The van der Waals surface area contributed by atoms with Gasteiger partial charge in [-0.15, -0.1) is 0 Å². The number of anilines is 2. The molecule has 0 aliphatic carbocycles. The Balaban J connectivity index is 1.95. The van der Waals surface area contributed by atoms with Gasteiger partial charge in [-0.25, -0.2) is 4.39 Å². The van der Waals surface area contributed by atoms with Gasteiger partial charge in [-0.05, 0) is 30.3 Å². The zero-order chi connectivity index (χ0) is 20.0. The van der Waals surface area contributed by atoms with Crippen LogP contribution in [0.2, 0.25) is 12.1 Å². The Morgan fingerprint density at radius 2 is 1.43 bits per heavy atom. The molecule has 0 saturated carbocycles. The lowest BCUT2D eigenvalue weighted by Gasteiger charge is -2.35. The number of nitrogen functional groups attached to an aromatic ring is 1. The Morgan fingerprint density at radius 1 is 0.857 bits per heavy atom. The van der Waals surface area contributed by atoms with E-state index < -0.39 is 8.07 Å². The Labute approximate surface area is 168 Å². The standard InChI is InChI=1S/C24H29FN2Si/c1-3-17-28(21-10-6-4-7-11-21,22-12-8-5-9-13-22)18-16-27(2)24-15-14-20(26)19-23(24)25/h4-15,19H,3,16-18,26H2,1-2H3. The molecule has 0 aliphatic rings. The fourth-order valence-corrected chi connectivity index (χ4v) is 9.09. The fraction of sp³-hybridized carbons (Fsp3) is 0.250.